The fourth-order valence-corrected chi connectivity index (χ4v) is 5.73. The van der Waals surface area contributed by atoms with Crippen LogP contribution in [0.4, 0.5) is 0 Å². The van der Waals surface area contributed by atoms with Gasteiger partial charge in [0.05, 0.1) is 12.9 Å². The highest BCUT2D eigenvalue weighted by atomic mass is 28.3. The number of benzene rings is 1. The van der Waals surface area contributed by atoms with Crippen molar-refractivity contribution in [3.8, 4) is 5.75 Å². The molecule has 0 atom stereocenters. The van der Waals surface area contributed by atoms with Crippen molar-refractivity contribution in [3.63, 3.8) is 0 Å². The molecule has 4 bridgehead atoms. The van der Waals surface area contributed by atoms with Crippen LogP contribution in [0.5, 0.6) is 5.75 Å². The van der Waals surface area contributed by atoms with E-state index in [2.05, 4.69) is 57.5 Å². The molecule has 2 nitrogen and oxygen atoms in total. The molecule has 148 valence electrons. The molecule has 3 heteroatoms. The second-order valence-corrected chi connectivity index (χ2v) is 14.2. The van der Waals surface area contributed by atoms with Gasteiger partial charge in [-0.2, -0.15) is 0 Å². The van der Waals surface area contributed by atoms with Gasteiger partial charge in [0.25, 0.3) is 0 Å². The Morgan fingerprint density at radius 2 is 1.70 bits per heavy atom. The molecule has 1 aromatic carbocycles. The van der Waals surface area contributed by atoms with Crippen LogP contribution in [-0.2, 0) is 11.3 Å². The Bertz CT molecular complexity index is 661. The maximum atomic E-state index is 6.11. The first-order valence-electron chi connectivity index (χ1n) is 10.9. The summed E-state index contributed by atoms with van der Waals surface area (Å²) in [7, 11) is -0.737. The lowest BCUT2D eigenvalue weighted by Gasteiger charge is -2.51. The lowest BCUT2D eigenvalue weighted by atomic mass is 9.54. The number of rotatable bonds is 7. The van der Waals surface area contributed by atoms with E-state index in [0.717, 1.165) is 36.0 Å². The number of hydrogen-bond donors (Lipinski definition) is 0. The first-order valence-corrected chi connectivity index (χ1v) is 13.8. The molecule has 0 aliphatic heterocycles. The van der Waals surface area contributed by atoms with Crippen LogP contribution in [-0.4, -0.2) is 15.4 Å². The van der Waals surface area contributed by atoms with Gasteiger partial charge in [-0.3, -0.25) is 0 Å². The molecule has 1 aromatic rings. The highest BCUT2D eigenvalue weighted by molar-refractivity contribution is 6.59. The predicted molar refractivity (Wildman–Crippen MR) is 115 cm³/mol. The highest BCUT2D eigenvalue weighted by Crippen LogP contribution is 2.56. The molecular formula is C24H36O2Si. The van der Waals surface area contributed by atoms with Crippen molar-refractivity contribution in [2.45, 2.75) is 70.7 Å². The minimum absolute atomic E-state index is 0.316. The molecule has 4 aliphatic carbocycles. The number of hydrogen-bond acceptors (Lipinski definition) is 2. The molecule has 5 rings (SSSR count). The Morgan fingerprint density at radius 1 is 1.04 bits per heavy atom. The largest absolute Gasteiger partial charge is 0.497 e. The summed E-state index contributed by atoms with van der Waals surface area (Å²) >= 11 is 0. The first-order chi connectivity index (χ1) is 12.9. The van der Waals surface area contributed by atoms with Crippen molar-refractivity contribution in [2.75, 3.05) is 6.61 Å². The summed E-state index contributed by atoms with van der Waals surface area (Å²) < 4.78 is 12.2. The van der Waals surface area contributed by atoms with Crippen molar-refractivity contribution < 1.29 is 9.47 Å². The standard InChI is InChI=1S/C24H36O2Si/c1-24(2,27(3)4)16-26-22-7-5-6-17(13-22)14-25-15-23-20-9-18-8-19(11-20)12-21(23)10-18/h5-7,13,15,18-21,27H,8-12,14,16H2,1-4H3. The summed E-state index contributed by atoms with van der Waals surface area (Å²) in [4.78, 5) is 0. The van der Waals surface area contributed by atoms with Crippen LogP contribution in [0.2, 0.25) is 18.1 Å². The smallest absolute Gasteiger partial charge is 0.119 e. The summed E-state index contributed by atoms with van der Waals surface area (Å²) in [6.45, 7) is 10.9. The van der Waals surface area contributed by atoms with Gasteiger partial charge in [-0.25, -0.2) is 0 Å². The topological polar surface area (TPSA) is 18.5 Å². The maximum absolute atomic E-state index is 6.11. The van der Waals surface area contributed by atoms with Gasteiger partial charge < -0.3 is 9.47 Å². The molecule has 27 heavy (non-hydrogen) atoms. The molecular weight excluding hydrogens is 348 g/mol. The molecule has 4 saturated carbocycles. The molecule has 0 spiro atoms. The quantitative estimate of drug-likeness (QED) is 0.412. The van der Waals surface area contributed by atoms with E-state index in [1.54, 1.807) is 5.57 Å². The van der Waals surface area contributed by atoms with Crippen LogP contribution in [0.1, 0.15) is 51.5 Å². The van der Waals surface area contributed by atoms with Crippen molar-refractivity contribution in [1.29, 1.82) is 0 Å². The van der Waals surface area contributed by atoms with Gasteiger partial charge >= 0.3 is 0 Å². The zero-order valence-corrected chi connectivity index (χ0v) is 18.7. The summed E-state index contributed by atoms with van der Waals surface area (Å²) in [6, 6.07) is 8.44. The number of ether oxygens (including phenoxy) is 2. The van der Waals surface area contributed by atoms with Crippen LogP contribution in [0, 0.1) is 23.7 Å². The van der Waals surface area contributed by atoms with E-state index < -0.39 is 8.80 Å². The summed E-state index contributed by atoms with van der Waals surface area (Å²) in [6.07, 6.45) is 9.31. The predicted octanol–water partition coefficient (Wildman–Crippen LogP) is 6.19. The zero-order valence-electron chi connectivity index (χ0n) is 17.5. The van der Waals surface area contributed by atoms with E-state index in [9.17, 15) is 0 Å². The van der Waals surface area contributed by atoms with Gasteiger partial charge in [0, 0.05) is 8.80 Å². The first kappa shape index (κ1) is 19.1. The third kappa shape index (κ3) is 4.28. The molecule has 4 fully saturated rings. The van der Waals surface area contributed by atoms with Crippen LogP contribution in [0.15, 0.2) is 36.1 Å². The highest BCUT2D eigenvalue weighted by Gasteiger charge is 2.45. The van der Waals surface area contributed by atoms with Crippen molar-refractivity contribution >= 4 is 8.80 Å². The number of allylic oxidation sites excluding steroid dienone is 1. The zero-order chi connectivity index (χ0) is 19.0. The molecule has 0 aromatic heterocycles. The third-order valence-corrected chi connectivity index (χ3v) is 10.9. The van der Waals surface area contributed by atoms with Gasteiger partial charge in [0.1, 0.15) is 12.4 Å². The summed E-state index contributed by atoms with van der Waals surface area (Å²) in [5.41, 5.74) is 2.83. The molecule has 4 aliphatic rings. The van der Waals surface area contributed by atoms with Crippen LogP contribution >= 0.6 is 0 Å². The minimum Gasteiger partial charge on any atom is -0.497 e. The fourth-order valence-electron chi connectivity index (χ4n) is 5.32. The molecule has 0 unspecified atom stereocenters. The Morgan fingerprint density at radius 3 is 2.33 bits per heavy atom. The van der Waals surface area contributed by atoms with Gasteiger partial charge in [0.15, 0.2) is 0 Å². The van der Waals surface area contributed by atoms with E-state index in [1.807, 2.05) is 0 Å². The Kier molecular flexibility index (Phi) is 5.42. The van der Waals surface area contributed by atoms with Gasteiger partial charge in [0.2, 0.25) is 0 Å². The normalized spacial score (nSPS) is 29.3. The Hall–Kier alpha value is -1.22. The average molecular weight is 385 g/mol. The summed E-state index contributed by atoms with van der Waals surface area (Å²) in [5.74, 6) is 4.63. The maximum Gasteiger partial charge on any atom is 0.119 e. The van der Waals surface area contributed by atoms with Crippen molar-refractivity contribution in [2.24, 2.45) is 23.7 Å². The van der Waals surface area contributed by atoms with E-state index >= 15 is 0 Å². The van der Waals surface area contributed by atoms with E-state index in [1.165, 1.54) is 37.7 Å². The molecule has 0 radical (unpaired) electrons. The monoisotopic (exact) mass is 384 g/mol. The van der Waals surface area contributed by atoms with Crippen molar-refractivity contribution in [3.05, 3.63) is 41.7 Å². The Balaban J connectivity index is 1.33. The molecule has 0 amide bonds. The van der Waals surface area contributed by atoms with Crippen LogP contribution in [0.3, 0.4) is 0 Å². The molecule has 0 N–H and O–H groups in total. The van der Waals surface area contributed by atoms with E-state index in [4.69, 9.17) is 9.47 Å². The molecule has 0 saturated heterocycles. The molecule has 0 heterocycles. The lowest BCUT2D eigenvalue weighted by molar-refractivity contribution is 0.0632. The average Bonchev–Trinajstić information content (AvgIpc) is 2.62. The van der Waals surface area contributed by atoms with Crippen LogP contribution in [0.25, 0.3) is 0 Å². The van der Waals surface area contributed by atoms with E-state index in [-0.39, 0.29) is 0 Å². The second-order valence-electron chi connectivity index (χ2n) is 10.3. The Labute approximate surface area is 166 Å². The fraction of sp³-hybridized carbons (Fsp3) is 0.667. The SMILES string of the molecule is C[SiH](C)C(C)(C)COc1cccc(COC=C2C3CC4CC(C3)CC2C4)c1. The second kappa shape index (κ2) is 7.65. The lowest BCUT2D eigenvalue weighted by Crippen LogP contribution is -2.40. The minimum atomic E-state index is -0.737. The van der Waals surface area contributed by atoms with Crippen molar-refractivity contribution in [1.82, 2.24) is 0 Å². The van der Waals surface area contributed by atoms with E-state index in [0.29, 0.717) is 11.6 Å². The van der Waals surface area contributed by atoms with Gasteiger partial charge in [-0.1, -0.05) is 39.1 Å². The van der Waals surface area contributed by atoms with Crippen LogP contribution < -0.4 is 4.74 Å². The van der Waals surface area contributed by atoms with Gasteiger partial charge in [-0.15, -0.1) is 0 Å². The van der Waals surface area contributed by atoms with Gasteiger partial charge in [-0.05, 0) is 84.1 Å². The third-order valence-electron chi connectivity index (χ3n) is 7.62. The summed E-state index contributed by atoms with van der Waals surface area (Å²) in [5, 5.41) is 0.316.